The minimum atomic E-state index is -0.621. The van der Waals surface area contributed by atoms with Gasteiger partial charge in [-0.1, -0.05) is 31.2 Å². The number of cyclic esters (lactones) is 1. The average molecular weight is 302 g/mol. The number of carbonyl (C=O) groups excluding carboxylic acids is 3. The molecule has 0 bridgehead atoms. The van der Waals surface area contributed by atoms with Gasteiger partial charge in [-0.25, -0.2) is 4.79 Å². The van der Waals surface area contributed by atoms with E-state index in [4.69, 9.17) is 4.74 Å². The molecule has 0 radical (unpaired) electrons. The molecule has 1 aromatic carbocycles. The van der Waals surface area contributed by atoms with E-state index in [1.165, 1.54) is 10.5 Å². The number of imide groups is 1. The van der Waals surface area contributed by atoms with Crippen molar-refractivity contribution in [2.24, 2.45) is 0 Å². The summed E-state index contributed by atoms with van der Waals surface area (Å²) in [6.07, 6.45) is 0.633. The van der Waals surface area contributed by atoms with Gasteiger partial charge in [0.15, 0.2) is 0 Å². The van der Waals surface area contributed by atoms with Crippen LogP contribution < -0.4 is 5.32 Å². The smallest absolute Gasteiger partial charge is 0.411 e. The maximum Gasteiger partial charge on any atom is 0.411 e. The molecule has 2 atom stereocenters. The molecule has 1 N–H and O–H groups in total. The van der Waals surface area contributed by atoms with Crippen molar-refractivity contribution in [2.45, 2.75) is 38.3 Å². The third-order valence-electron chi connectivity index (χ3n) is 4.16. The SMILES string of the molecule is CCc1cccc([C@@H]2CN(C3CCC(=O)NC3=O)C(=O)O2)c1. The largest absolute Gasteiger partial charge is 0.439 e. The van der Waals surface area contributed by atoms with E-state index in [2.05, 4.69) is 12.2 Å². The number of benzene rings is 1. The van der Waals surface area contributed by atoms with E-state index in [-0.39, 0.29) is 18.4 Å². The molecule has 2 aliphatic heterocycles. The van der Waals surface area contributed by atoms with Gasteiger partial charge in [0.1, 0.15) is 12.1 Å². The van der Waals surface area contributed by atoms with Gasteiger partial charge in [-0.05, 0) is 24.0 Å². The van der Waals surface area contributed by atoms with Crippen molar-refractivity contribution in [3.8, 4) is 0 Å². The summed E-state index contributed by atoms with van der Waals surface area (Å²) in [4.78, 5) is 36.6. The Balaban J connectivity index is 1.75. The Kier molecular flexibility index (Phi) is 3.83. The first kappa shape index (κ1) is 14.6. The van der Waals surface area contributed by atoms with Crippen LogP contribution in [0.3, 0.4) is 0 Å². The number of carbonyl (C=O) groups is 3. The molecule has 1 aromatic rings. The Hall–Kier alpha value is -2.37. The number of rotatable bonds is 3. The third kappa shape index (κ3) is 2.68. The maximum atomic E-state index is 12.1. The second kappa shape index (κ2) is 5.79. The Morgan fingerprint density at radius 1 is 1.32 bits per heavy atom. The van der Waals surface area contributed by atoms with Crippen molar-refractivity contribution < 1.29 is 19.1 Å². The van der Waals surface area contributed by atoms with Gasteiger partial charge in [-0.2, -0.15) is 0 Å². The van der Waals surface area contributed by atoms with Gasteiger partial charge in [0, 0.05) is 6.42 Å². The van der Waals surface area contributed by atoms with Crippen LogP contribution in [0.5, 0.6) is 0 Å². The Bertz CT molecular complexity index is 628. The predicted octanol–water partition coefficient (Wildman–Crippen LogP) is 1.55. The van der Waals surface area contributed by atoms with Gasteiger partial charge in [0.2, 0.25) is 11.8 Å². The van der Waals surface area contributed by atoms with Crippen molar-refractivity contribution in [2.75, 3.05) is 6.54 Å². The van der Waals surface area contributed by atoms with Crippen LogP contribution in [0.25, 0.3) is 0 Å². The zero-order valence-corrected chi connectivity index (χ0v) is 12.4. The maximum absolute atomic E-state index is 12.1. The first-order chi connectivity index (χ1) is 10.6. The minimum absolute atomic E-state index is 0.246. The van der Waals surface area contributed by atoms with E-state index in [0.29, 0.717) is 13.0 Å². The highest BCUT2D eigenvalue weighted by molar-refractivity contribution is 6.01. The van der Waals surface area contributed by atoms with Crippen LogP contribution >= 0.6 is 0 Å². The van der Waals surface area contributed by atoms with Crippen LogP contribution in [0.15, 0.2) is 24.3 Å². The van der Waals surface area contributed by atoms with Crippen molar-refractivity contribution in [3.63, 3.8) is 0 Å². The molecule has 0 aromatic heterocycles. The molecular weight excluding hydrogens is 284 g/mol. The number of nitrogens with zero attached hydrogens (tertiary/aromatic N) is 1. The molecule has 0 spiro atoms. The lowest BCUT2D eigenvalue weighted by Gasteiger charge is -2.27. The second-order valence-electron chi connectivity index (χ2n) is 5.59. The quantitative estimate of drug-likeness (QED) is 0.860. The van der Waals surface area contributed by atoms with Crippen molar-refractivity contribution >= 4 is 17.9 Å². The molecule has 0 aliphatic carbocycles. The van der Waals surface area contributed by atoms with Crippen LogP contribution in [-0.2, 0) is 20.7 Å². The number of piperidine rings is 1. The highest BCUT2D eigenvalue weighted by Crippen LogP contribution is 2.29. The first-order valence-electron chi connectivity index (χ1n) is 7.48. The molecule has 2 saturated heterocycles. The van der Waals surface area contributed by atoms with Gasteiger partial charge in [-0.3, -0.25) is 19.8 Å². The fourth-order valence-corrected chi connectivity index (χ4v) is 2.90. The van der Waals surface area contributed by atoms with E-state index < -0.39 is 18.0 Å². The van der Waals surface area contributed by atoms with E-state index in [1.807, 2.05) is 24.3 Å². The van der Waals surface area contributed by atoms with E-state index in [0.717, 1.165) is 12.0 Å². The second-order valence-corrected chi connectivity index (χ2v) is 5.59. The van der Waals surface area contributed by atoms with Gasteiger partial charge in [-0.15, -0.1) is 0 Å². The molecule has 2 aliphatic rings. The number of aryl methyl sites for hydroxylation is 1. The zero-order valence-electron chi connectivity index (χ0n) is 12.4. The third-order valence-corrected chi connectivity index (χ3v) is 4.16. The highest BCUT2D eigenvalue weighted by atomic mass is 16.6. The summed E-state index contributed by atoms with van der Waals surface area (Å²) in [6, 6.07) is 7.29. The first-order valence-corrected chi connectivity index (χ1v) is 7.48. The summed E-state index contributed by atoms with van der Waals surface area (Å²) in [5.41, 5.74) is 2.11. The van der Waals surface area contributed by atoms with Crippen molar-refractivity contribution in [1.29, 1.82) is 0 Å². The van der Waals surface area contributed by atoms with Crippen molar-refractivity contribution in [3.05, 3.63) is 35.4 Å². The van der Waals surface area contributed by atoms with E-state index in [9.17, 15) is 14.4 Å². The fraction of sp³-hybridized carbons (Fsp3) is 0.438. The van der Waals surface area contributed by atoms with Crippen LogP contribution in [-0.4, -0.2) is 35.4 Å². The number of hydrogen-bond acceptors (Lipinski definition) is 4. The normalized spacial score (nSPS) is 25.1. The standard InChI is InChI=1S/C16H18N2O4/c1-2-10-4-3-5-11(8-10)13-9-18(16(21)22-13)12-6-7-14(19)17-15(12)20/h3-5,8,12-13H,2,6-7,9H2,1H3,(H,17,19,20)/t12?,13-/m0/s1. The number of nitrogens with one attached hydrogen (secondary N) is 1. The summed E-state index contributed by atoms with van der Waals surface area (Å²) in [5, 5.41) is 2.27. The van der Waals surface area contributed by atoms with Gasteiger partial charge in [0.25, 0.3) is 0 Å². The number of ether oxygens (including phenoxy) is 1. The monoisotopic (exact) mass is 302 g/mol. The van der Waals surface area contributed by atoms with Crippen LogP contribution in [0, 0.1) is 0 Å². The molecular formula is C16H18N2O4. The predicted molar refractivity (Wildman–Crippen MR) is 77.9 cm³/mol. The summed E-state index contributed by atoms with van der Waals surface area (Å²) in [5.74, 6) is -0.711. The fourth-order valence-electron chi connectivity index (χ4n) is 2.90. The summed E-state index contributed by atoms with van der Waals surface area (Å²) in [6.45, 7) is 2.40. The van der Waals surface area contributed by atoms with Crippen LogP contribution in [0.2, 0.25) is 0 Å². The molecule has 116 valence electrons. The Morgan fingerprint density at radius 2 is 2.14 bits per heavy atom. The van der Waals surface area contributed by atoms with Gasteiger partial charge >= 0.3 is 6.09 Å². The Morgan fingerprint density at radius 3 is 2.86 bits per heavy atom. The van der Waals surface area contributed by atoms with Gasteiger partial charge < -0.3 is 4.74 Å². The Labute approximate surface area is 128 Å². The number of hydrogen-bond donors (Lipinski definition) is 1. The zero-order chi connectivity index (χ0) is 15.7. The highest BCUT2D eigenvalue weighted by Gasteiger charge is 2.41. The average Bonchev–Trinajstić information content (AvgIpc) is 2.89. The van der Waals surface area contributed by atoms with E-state index in [1.54, 1.807) is 0 Å². The molecule has 6 heteroatoms. The lowest BCUT2D eigenvalue weighted by molar-refractivity contribution is -0.136. The lowest BCUT2D eigenvalue weighted by atomic mass is 10.0. The molecule has 22 heavy (non-hydrogen) atoms. The molecule has 6 nitrogen and oxygen atoms in total. The van der Waals surface area contributed by atoms with Crippen LogP contribution in [0.4, 0.5) is 4.79 Å². The molecule has 2 heterocycles. The summed E-state index contributed by atoms with van der Waals surface area (Å²) >= 11 is 0. The molecule has 0 saturated carbocycles. The molecule has 2 fully saturated rings. The molecule has 3 rings (SSSR count). The molecule has 3 amide bonds. The van der Waals surface area contributed by atoms with Crippen LogP contribution in [0.1, 0.15) is 37.0 Å². The minimum Gasteiger partial charge on any atom is -0.439 e. The van der Waals surface area contributed by atoms with Gasteiger partial charge in [0.05, 0.1) is 6.54 Å². The molecule has 1 unspecified atom stereocenters. The topological polar surface area (TPSA) is 75.7 Å². The van der Waals surface area contributed by atoms with E-state index >= 15 is 0 Å². The summed E-state index contributed by atoms with van der Waals surface area (Å²) in [7, 11) is 0. The lowest BCUT2D eigenvalue weighted by Crippen LogP contribution is -2.52. The number of amides is 3. The van der Waals surface area contributed by atoms with Crippen molar-refractivity contribution in [1.82, 2.24) is 10.2 Å². The summed E-state index contributed by atoms with van der Waals surface area (Å²) < 4.78 is 5.41.